The number of H-pyrrole nitrogens is 1. The fraction of sp³-hybridized carbons (Fsp3) is 0.280. The van der Waals surface area contributed by atoms with Crippen molar-refractivity contribution in [2.75, 3.05) is 34.3 Å². The van der Waals surface area contributed by atoms with Gasteiger partial charge < -0.3 is 24.6 Å². The summed E-state index contributed by atoms with van der Waals surface area (Å²) >= 11 is 12.5. The van der Waals surface area contributed by atoms with E-state index in [0.717, 1.165) is 17.4 Å². The molecule has 1 unspecified atom stereocenters. The van der Waals surface area contributed by atoms with Crippen LogP contribution in [0.25, 0.3) is 16.7 Å². The van der Waals surface area contributed by atoms with Gasteiger partial charge in [-0.1, -0.05) is 41.4 Å². The van der Waals surface area contributed by atoms with Gasteiger partial charge in [0, 0.05) is 34.2 Å². The van der Waals surface area contributed by atoms with E-state index in [1.54, 1.807) is 6.20 Å². The number of fused-ring (bicyclic) bond motifs is 1. The third-order valence-electron chi connectivity index (χ3n) is 5.93. The Hall–Kier alpha value is -3.00. The number of halogens is 2. The zero-order valence-electron chi connectivity index (χ0n) is 19.1. The van der Waals surface area contributed by atoms with Crippen LogP contribution in [0.2, 0.25) is 10.0 Å². The molecule has 0 saturated carbocycles. The van der Waals surface area contributed by atoms with Gasteiger partial charge in [0.25, 0.3) is 11.7 Å². The SMILES string of the molecule is COc1c(Cl)cc(Cl)cc1/C(O)=C1\C(=O)C(=O)N(CCCN(C)C)C1c1c[nH]c2ccccc12. The average Bonchev–Trinajstić information content (AvgIpc) is 3.32. The minimum absolute atomic E-state index is 0.0313. The third-order valence-corrected chi connectivity index (χ3v) is 6.43. The van der Waals surface area contributed by atoms with E-state index in [-0.39, 0.29) is 32.7 Å². The first-order valence-corrected chi connectivity index (χ1v) is 11.5. The number of hydrogen-bond acceptors (Lipinski definition) is 5. The van der Waals surface area contributed by atoms with Crippen LogP contribution in [0.3, 0.4) is 0 Å². The molecule has 1 aromatic heterocycles. The van der Waals surface area contributed by atoms with Crippen molar-refractivity contribution in [1.82, 2.24) is 14.8 Å². The molecule has 9 heteroatoms. The number of aromatic nitrogens is 1. The number of ether oxygens (including phenoxy) is 1. The Bertz CT molecular complexity index is 1300. The number of benzene rings is 2. The van der Waals surface area contributed by atoms with E-state index in [1.165, 1.54) is 24.1 Å². The number of rotatable bonds is 7. The molecule has 3 aromatic rings. The smallest absolute Gasteiger partial charge is 0.295 e. The van der Waals surface area contributed by atoms with Gasteiger partial charge in [0.05, 0.1) is 29.3 Å². The van der Waals surface area contributed by atoms with Gasteiger partial charge in [-0.05, 0) is 45.3 Å². The van der Waals surface area contributed by atoms with Gasteiger partial charge in [-0.2, -0.15) is 0 Å². The number of nitrogens with zero attached hydrogens (tertiary/aromatic N) is 2. The van der Waals surface area contributed by atoms with Gasteiger partial charge >= 0.3 is 0 Å². The molecule has 1 atom stereocenters. The molecule has 178 valence electrons. The molecule has 1 aliphatic rings. The molecule has 0 radical (unpaired) electrons. The third kappa shape index (κ3) is 4.27. The lowest BCUT2D eigenvalue weighted by atomic mass is 9.94. The first-order valence-electron chi connectivity index (χ1n) is 10.8. The highest BCUT2D eigenvalue weighted by molar-refractivity contribution is 6.47. The van der Waals surface area contributed by atoms with E-state index in [1.807, 2.05) is 43.3 Å². The second kappa shape index (κ2) is 9.70. The van der Waals surface area contributed by atoms with Crippen molar-refractivity contribution in [2.45, 2.75) is 12.5 Å². The molecule has 1 saturated heterocycles. The highest BCUT2D eigenvalue weighted by Crippen LogP contribution is 2.44. The van der Waals surface area contributed by atoms with E-state index in [2.05, 4.69) is 4.98 Å². The van der Waals surface area contributed by atoms with Gasteiger partial charge in [-0.3, -0.25) is 9.59 Å². The average molecular weight is 502 g/mol. The number of aliphatic hydroxyl groups is 1. The summed E-state index contributed by atoms with van der Waals surface area (Å²) in [5.41, 5.74) is 1.69. The number of methoxy groups -OCH3 is 1. The van der Waals surface area contributed by atoms with Crippen molar-refractivity contribution in [3.8, 4) is 5.75 Å². The summed E-state index contributed by atoms with van der Waals surface area (Å²) in [6.45, 7) is 1.08. The number of aliphatic hydroxyl groups excluding tert-OH is 1. The molecule has 4 rings (SSSR count). The van der Waals surface area contributed by atoms with E-state index >= 15 is 0 Å². The van der Waals surface area contributed by atoms with Crippen LogP contribution in [-0.2, 0) is 9.59 Å². The normalized spacial score (nSPS) is 17.8. The molecule has 2 heterocycles. The second-order valence-electron chi connectivity index (χ2n) is 8.41. The number of aromatic amines is 1. The van der Waals surface area contributed by atoms with Gasteiger partial charge in [0.2, 0.25) is 0 Å². The van der Waals surface area contributed by atoms with Crippen molar-refractivity contribution in [3.05, 3.63) is 69.3 Å². The lowest BCUT2D eigenvalue weighted by Crippen LogP contribution is -2.32. The molecule has 2 N–H and O–H groups in total. The van der Waals surface area contributed by atoms with E-state index in [9.17, 15) is 14.7 Å². The molecule has 0 bridgehead atoms. The number of carbonyl (C=O) groups is 2. The first kappa shape index (κ1) is 24.1. The van der Waals surface area contributed by atoms with E-state index in [4.69, 9.17) is 27.9 Å². The molecule has 0 aliphatic carbocycles. The molecule has 1 fully saturated rings. The molecule has 2 aromatic carbocycles. The van der Waals surface area contributed by atoms with Crippen LogP contribution < -0.4 is 4.74 Å². The van der Waals surface area contributed by atoms with Crippen LogP contribution in [0.15, 0.2) is 48.2 Å². The number of amides is 1. The molecular formula is C25H25Cl2N3O4. The summed E-state index contributed by atoms with van der Waals surface area (Å²) in [7, 11) is 5.30. The summed E-state index contributed by atoms with van der Waals surface area (Å²) in [4.78, 5) is 33.2. The minimum Gasteiger partial charge on any atom is -0.507 e. The standard InChI is InChI=1S/C25H25Cl2N3O4/c1-29(2)9-6-10-30-21(17-13-28-19-8-5-4-7-15(17)19)20(23(32)25(30)33)22(31)16-11-14(26)12-18(27)24(16)34-3/h4-5,7-8,11-13,21,28,31H,6,9-10H2,1-3H3/b22-20+. The van der Waals surface area contributed by atoms with E-state index in [0.29, 0.717) is 18.5 Å². The maximum absolute atomic E-state index is 13.3. The number of Topliss-reactive ketones (excluding diaryl/α,β-unsaturated/α-hetero) is 1. The maximum atomic E-state index is 13.3. The van der Waals surface area contributed by atoms with Crippen LogP contribution >= 0.6 is 23.2 Å². The topological polar surface area (TPSA) is 85.9 Å². The van der Waals surface area contributed by atoms with Gasteiger partial charge in [-0.25, -0.2) is 0 Å². The highest BCUT2D eigenvalue weighted by Gasteiger charge is 2.47. The predicted octanol–water partition coefficient (Wildman–Crippen LogP) is 4.86. The summed E-state index contributed by atoms with van der Waals surface area (Å²) in [6.07, 6.45) is 2.43. The fourth-order valence-corrected chi connectivity index (χ4v) is 4.97. The quantitative estimate of drug-likeness (QED) is 0.274. The summed E-state index contributed by atoms with van der Waals surface area (Å²) in [6, 6.07) is 9.77. The largest absolute Gasteiger partial charge is 0.507 e. The van der Waals surface area contributed by atoms with Crippen LogP contribution in [0.1, 0.15) is 23.6 Å². The van der Waals surface area contributed by atoms with Crippen LogP contribution in [-0.4, -0.2) is 65.9 Å². The number of carbonyl (C=O) groups excluding carboxylic acids is 2. The molecule has 7 nitrogen and oxygen atoms in total. The maximum Gasteiger partial charge on any atom is 0.295 e. The summed E-state index contributed by atoms with van der Waals surface area (Å²) in [5, 5.41) is 12.7. The van der Waals surface area contributed by atoms with Gasteiger partial charge in [0.1, 0.15) is 11.5 Å². The Morgan fingerprint density at radius 1 is 1.21 bits per heavy atom. The van der Waals surface area contributed by atoms with Crippen LogP contribution in [0, 0.1) is 0 Å². The lowest BCUT2D eigenvalue weighted by molar-refractivity contribution is -0.139. The zero-order chi connectivity index (χ0) is 24.6. The number of likely N-dealkylation sites (tertiary alicyclic amines) is 1. The van der Waals surface area contributed by atoms with Crippen LogP contribution in [0.4, 0.5) is 0 Å². The number of para-hydroxylation sites is 1. The Morgan fingerprint density at radius 3 is 2.65 bits per heavy atom. The van der Waals surface area contributed by atoms with Crippen molar-refractivity contribution in [2.24, 2.45) is 0 Å². The van der Waals surface area contributed by atoms with Gasteiger partial charge in [0.15, 0.2) is 0 Å². The highest BCUT2D eigenvalue weighted by atomic mass is 35.5. The van der Waals surface area contributed by atoms with Crippen molar-refractivity contribution in [3.63, 3.8) is 0 Å². The number of hydrogen-bond donors (Lipinski definition) is 2. The monoisotopic (exact) mass is 501 g/mol. The number of ketones is 1. The van der Waals surface area contributed by atoms with Crippen LogP contribution in [0.5, 0.6) is 5.75 Å². The molecule has 34 heavy (non-hydrogen) atoms. The molecule has 0 spiro atoms. The molecular weight excluding hydrogens is 477 g/mol. The van der Waals surface area contributed by atoms with Crippen molar-refractivity contribution < 1.29 is 19.4 Å². The number of nitrogens with one attached hydrogen (secondary N) is 1. The van der Waals surface area contributed by atoms with E-state index < -0.39 is 17.7 Å². The Morgan fingerprint density at radius 2 is 1.94 bits per heavy atom. The lowest BCUT2D eigenvalue weighted by Gasteiger charge is -2.25. The fourth-order valence-electron chi connectivity index (χ4n) is 4.40. The summed E-state index contributed by atoms with van der Waals surface area (Å²) < 4.78 is 5.38. The van der Waals surface area contributed by atoms with Crippen molar-refractivity contribution >= 4 is 51.6 Å². The Kier molecular flexibility index (Phi) is 6.89. The second-order valence-corrected chi connectivity index (χ2v) is 9.25. The van der Waals surface area contributed by atoms with Crippen molar-refractivity contribution in [1.29, 1.82) is 0 Å². The molecule has 1 aliphatic heterocycles. The minimum atomic E-state index is -0.791. The predicted molar refractivity (Wildman–Crippen MR) is 133 cm³/mol. The zero-order valence-corrected chi connectivity index (χ0v) is 20.6. The first-order chi connectivity index (χ1) is 16.2. The summed E-state index contributed by atoms with van der Waals surface area (Å²) in [5.74, 6) is -1.65. The Balaban J connectivity index is 1.93. The molecule has 1 amide bonds. The van der Waals surface area contributed by atoms with Gasteiger partial charge in [-0.15, -0.1) is 0 Å². The Labute approximate surface area is 207 Å².